The molecule has 82 valence electrons. The molecule has 1 saturated heterocycles. The van der Waals surface area contributed by atoms with Gasteiger partial charge >= 0.3 is 0 Å². The maximum atomic E-state index is 11.9. The lowest BCUT2D eigenvalue weighted by Crippen LogP contribution is -2.33. The summed E-state index contributed by atoms with van der Waals surface area (Å²) in [5, 5.41) is 0. The van der Waals surface area contributed by atoms with Gasteiger partial charge in [-0.15, -0.1) is 0 Å². The van der Waals surface area contributed by atoms with Gasteiger partial charge in [-0.2, -0.15) is 0 Å². The van der Waals surface area contributed by atoms with E-state index in [0.29, 0.717) is 6.61 Å². The second kappa shape index (κ2) is 6.14. The standard InChI is InChI=1S/C11H20O3/c1-3-10(14-4-2)11(12)9-5-7-13-8-6-9/h9-10H,3-8H2,1-2H3. The minimum absolute atomic E-state index is 0.167. The van der Waals surface area contributed by atoms with Crippen LogP contribution in [0.25, 0.3) is 0 Å². The van der Waals surface area contributed by atoms with Crippen LogP contribution in [0, 0.1) is 5.92 Å². The lowest BCUT2D eigenvalue weighted by atomic mass is 9.91. The van der Waals surface area contributed by atoms with E-state index in [1.807, 2.05) is 13.8 Å². The van der Waals surface area contributed by atoms with E-state index in [1.54, 1.807) is 0 Å². The molecule has 0 bridgehead atoms. The average molecular weight is 200 g/mol. The van der Waals surface area contributed by atoms with E-state index in [0.717, 1.165) is 32.5 Å². The van der Waals surface area contributed by atoms with Crippen LogP contribution >= 0.6 is 0 Å². The molecule has 1 unspecified atom stereocenters. The minimum Gasteiger partial charge on any atom is -0.381 e. The zero-order valence-electron chi connectivity index (χ0n) is 9.12. The van der Waals surface area contributed by atoms with Gasteiger partial charge in [0.2, 0.25) is 0 Å². The fraction of sp³-hybridized carbons (Fsp3) is 0.909. The van der Waals surface area contributed by atoms with Gasteiger partial charge in [-0.25, -0.2) is 0 Å². The third-order valence-electron chi connectivity index (χ3n) is 2.68. The molecule has 0 saturated carbocycles. The molecule has 1 aliphatic heterocycles. The van der Waals surface area contributed by atoms with Gasteiger partial charge in [0, 0.05) is 25.7 Å². The zero-order valence-corrected chi connectivity index (χ0v) is 9.12. The van der Waals surface area contributed by atoms with Crippen LogP contribution in [-0.4, -0.2) is 31.7 Å². The van der Waals surface area contributed by atoms with Crippen molar-refractivity contribution in [2.24, 2.45) is 5.92 Å². The average Bonchev–Trinajstić information content (AvgIpc) is 2.26. The van der Waals surface area contributed by atoms with E-state index in [4.69, 9.17) is 9.47 Å². The molecule has 14 heavy (non-hydrogen) atoms. The van der Waals surface area contributed by atoms with Crippen molar-refractivity contribution in [1.29, 1.82) is 0 Å². The molecule has 0 spiro atoms. The predicted octanol–water partition coefficient (Wildman–Crippen LogP) is 1.80. The molecule has 0 aliphatic carbocycles. The minimum atomic E-state index is -0.192. The molecule has 0 radical (unpaired) electrons. The Morgan fingerprint density at radius 3 is 2.57 bits per heavy atom. The lowest BCUT2D eigenvalue weighted by Gasteiger charge is -2.24. The molecular formula is C11H20O3. The fourth-order valence-corrected chi connectivity index (χ4v) is 1.85. The maximum absolute atomic E-state index is 11.9. The number of ether oxygens (including phenoxy) is 2. The molecule has 3 nitrogen and oxygen atoms in total. The van der Waals surface area contributed by atoms with Crippen molar-refractivity contribution >= 4 is 5.78 Å². The van der Waals surface area contributed by atoms with Crippen molar-refractivity contribution < 1.29 is 14.3 Å². The number of ketones is 1. The number of Topliss-reactive ketones (excluding diaryl/α,β-unsaturated/α-hetero) is 1. The third-order valence-corrected chi connectivity index (χ3v) is 2.68. The first kappa shape index (κ1) is 11.7. The first-order valence-electron chi connectivity index (χ1n) is 5.52. The summed E-state index contributed by atoms with van der Waals surface area (Å²) in [5.41, 5.74) is 0. The summed E-state index contributed by atoms with van der Waals surface area (Å²) in [6.07, 6.45) is 2.32. The van der Waals surface area contributed by atoms with Crippen molar-refractivity contribution in [1.82, 2.24) is 0 Å². The second-order valence-electron chi connectivity index (χ2n) is 3.64. The van der Waals surface area contributed by atoms with Gasteiger partial charge < -0.3 is 9.47 Å². The molecule has 0 aromatic heterocycles. The number of hydrogen-bond donors (Lipinski definition) is 0. The molecule has 0 N–H and O–H groups in total. The Hall–Kier alpha value is -0.410. The lowest BCUT2D eigenvalue weighted by molar-refractivity contribution is -0.137. The topological polar surface area (TPSA) is 35.5 Å². The van der Waals surface area contributed by atoms with Crippen molar-refractivity contribution in [3.8, 4) is 0 Å². The Morgan fingerprint density at radius 1 is 1.43 bits per heavy atom. The van der Waals surface area contributed by atoms with Gasteiger partial charge in [0.05, 0.1) is 0 Å². The van der Waals surface area contributed by atoms with Gasteiger partial charge in [0.15, 0.2) is 5.78 Å². The summed E-state index contributed by atoms with van der Waals surface area (Å²) in [4.78, 5) is 11.9. The fourth-order valence-electron chi connectivity index (χ4n) is 1.85. The molecule has 3 heteroatoms. The number of rotatable bonds is 5. The van der Waals surface area contributed by atoms with E-state index in [2.05, 4.69) is 0 Å². The Morgan fingerprint density at radius 2 is 2.07 bits per heavy atom. The first-order valence-corrected chi connectivity index (χ1v) is 5.52. The highest BCUT2D eigenvalue weighted by atomic mass is 16.5. The highest BCUT2D eigenvalue weighted by Gasteiger charge is 2.27. The maximum Gasteiger partial charge on any atom is 0.164 e. The van der Waals surface area contributed by atoms with E-state index in [1.165, 1.54) is 0 Å². The van der Waals surface area contributed by atoms with E-state index >= 15 is 0 Å². The molecule has 1 rings (SSSR count). The van der Waals surface area contributed by atoms with E-state index < -0.39 is 0 Å². The van der Waals surface area contributed by atoms with Crippen LogP contribution in [0.2, 0.25) is 0 Å². The Balaban J connectivity index is 2.43. The molecule has 1 fully saturated rings. The number of carbonyl (C=O) groups excluding carboxylic acids is 1. The molecular weight excluding hydrogens is 180 g/mol. The predicted molar refractivity (Wildman–Crippen MR) is 54.3 cm³/mol. The zero-order chi connectivity index (χ0) is 10.4. The molecule has 0 amide bonds. The Bertz CT molecular complexity index is 167. The Labute approximate surface area is 85.8 Å². The van der Waals surface area contributed by atoms with Gasteiger partial charge in [0.1, 0.15) is 6.10 Å². The third kappa shape index (κ3) is 3.07. The van der Waals surface area contributed by atoms with Gasteiger partial charge in [-0.05, 0) is 26.2 Å². The van der Waals surface area contributed by atoms with E-state index in [-0.39, 0.29) is 17.8 Å². The largest absolute Gasteiger partial charge is 0.381 e. The van der Waals surface area contributed by atoms with E-state index in [9.17, 15) is 4.79 Å². The number of hydrogen-bond acceptors (Lipinski definition) is 3. The normalized spacial score (nSPS) is 20.7. The monoisotopic (exact) mass is 200 g/mol. The van der Waals surface area contributed by atoms with Crippen molar-refractivity contribution in [3.63, 3.8) is 0 Å². The summed E-state index contributed by atoms with van der Waals surface area (Å²) in [6, 6.07) is 0. The Kier molecular flexibility index (Phi) is 5.12. The SMILES string of the molecule is CCOC(CC)C(=O)C1CCOCC1. The van der Waals surface area contributed by atoms with Gasteiger partial charge in [-0.1, -0.05) is 6.92 Å². The molecule has 0 aromatic carbocycles. The molecule has 1 atom stereocenters. The van der Waals surface area contributed by atoms with Crippen LogP contribution in [0.4, 0.5) is 0 Å². The van der Waals surface area contributed by atoms with Crippen LogP contribution in [0.5, 0.6) is 0 Å². The summed E-state index contributed by atoms with van der Waals surface area (Å²) < 4.78 is 10.6. The molecule has 0 aromatic rings. The summed E-state index contributed by atoms with van der Waals surface area (Å²) in [6.45, 7) is 5.99. The quantitative estimate of drug-likeness (QED) is 0.678. The van der Waals surface area contributed by atoms with Crippen molar-refractivity contribution in [2.75, 3.05) is 19.8 Å². The first-order chi connectivity index (χ1) is 6.79. The van der Waals surface area contributed by atoms with Crippen LogP contribution < -0.4 is 0 Å². The second-order valence-corrected chi connectivity index (χ2v) is 3.64. The van der Waals surface area contributed by atoms with Crippen LogP contribution in [-0.2, 0) is 14.3 Å². The summed E-state index contributed by atoms with van der Waals surface area (Å²) in [7, 11) is 0. The molecule has 1 aliphatic rings. The van der Waals surface area contributed by atoms with Gasteiger partial charge in [-0.3, -0.25) is 4.79 Å². The van der Waals surface area contributed by atoms with Gasteiger partial charge in [0.25, 0.3) is 0 Å². The highest BCUT2D eigenvalue weighted by Crippen LogP contribution is 2.19. The molecule has 1 heterocycles. The van der Waals surface area contributed by atoms with Crippen LogP contribution in [0.15, 0.2) is 0 Å². The summed E-state index contributed by atoms with van der Waals surface area (Å²) >= 11 is 0. The summed E-state index contributed by atoms with van der Waals surface area (Å²) in [5.74, 6) is 0.443. The van der Waals surface area contributed by atoms with Crippen molar-refractivity contribution in [3.05, 3.63) is 0 Å². The van der Waals surface area contributed by atoms with Crippen molar-refractivity contribution in [2.45, 2.75) is 39.2 Å². The number of carbonyl (C=O) groups is 1. The van der Waals surface area contributed by atoms with Crippen LogP contribution in [0.3, 0.4) is 0 Å². The van der Waals surface area contributed by atoms with Crippen LogP contribution in [0.1, 0.15) is 33.1 Å². The smallest absolute Gasteiger partial charge is 0.164 e. The highest BCUT2D eigenvalue weighted by molar-refractivity contribution is 5.85.